The first-order chi connectivity index (χ1) is 8.28. The van der Waals surface area contributed by atoms with E-state index >= 15 is 0 Å². The van der Waals surface area contributed by atoms with Gasteiger partial charge in [-0.15, -0.1) is 24.8 Å². The van der Waals surface area contributed by atoms with Crippen LogP contribution >= 0.6 is 24.8 Å². The highest BCUT2D eigenvalue weighted by Crippen LogP contribution is 2.16. The zero-order valence-corrected chi connectivity index (χ0v) is 13.1. The highest BCUT2D eigenvalue weighted by atomic mass is 35.5. The van der Waals surface area contributed by atoms with Gasteiger partial charge < -0.3 is 5.73 Å². The molecule has 1 unspecified atom stereocenters. The van der Waals surface area contributed by atoms with Crippen molar-refractivity contribution in [1.29, 1.82) is 0 Å². The van der Waals surface area contributed by atoms with Crippen molar-refractivity contribution < 1.29 is 0 Å². The van der Waals surface area contributed by atoms with Crippen molar-refractivity contribution in [3.8, 4) is 0 Å². The van der Waals surface area contributed by atoms with E-state index in [-0.39, 0.29) is 24.8 Å². The third-order valence-electron chi connectivity index (χ3n) is 3.39. The second-order valence-electron chi connectivity index (χ2n) is 5.03. The molecule has 1 fully saturated rings. The number of halogens is 2. The van der Waals surface area contributed by atoms with Gasteiger partial charge in [0.1, 0.15) is 0 Å². The van der Waals surface area contributed by atoms with Gasteiger partial charge in [0, 0.05) is 13.1 Å². The molecule has 0 aliphatic carbocycles. The molecule has 0 saturated carbocycles. The maximum atomic E-state index is 5.71. The molecule has 0 aromatic heterocycles. The highest BCUT2D eigenvalue weighted by molar-refractivity contribution is 5.85. The molecular weight excluding hydrogens is 279 g/mol. The summed E-state index contributed by atoms with van der Waals surface area (Å²) in [6.07, 6.45) is 3.53. The monoisotopic (exact) mass is 302 g/mol. The molecule has 108 valence electrons. The number of nitrogens with two attached hydrogens (primary N) is 1. The Morgan fingerprint density at radius 2 is 2.00 bits per heavy atom. The van der Waals surface area contributed by atoms with Gasteiger partial charge in [0.05, 0.1) is 0 Å². The molecule has 2 rings (SSSR count). The summed E-state index contributed by atoms with van der Waals surface area (Å²) in [5.74, 6) is 0.708. The van der Waals surface area contributed by atoms with E-state index in [9.17, 15) is 0 Å². The SMILES string of the molecule is C/C(=C\c1ccccc1)CN1CCC(CN)C1.Cl.Cl. The Bertz CT molecular complexity index is 379. The Hall–Kier alpha value is -0.540. The smallest absolute Gasteiger partial charge is 0.0193 e. The van der Waals surface area contributed by atoms with Crippen LogP contribution in [0.2, 0.25) is 0 Å². The summed E-state index contributed by atoms with van der Waals surface area (Å²) in [5, 5.41) is 0. The molecule has 2 nitrogen and oxygen atoms in total. The molecule has 1 aromatic rings. The first-order valence-corrected chi connectivity index (χ1v) is 6.42. The number of hydrogen-bond donors (Lipinski definition) is 1. The van der Waals surface area contributed by atoms with Crippen molar-refractivity contribution in [2.45, 2.75) is 13.3 Å². The van der Waals surface area contributed by atoms with Crippen molar-refractivity contribution in [1.82, 2.24) is 4.90 Å². The van der Waals surface area contributed by atoms with Gasteiger partial charge in [0.15, 0.2) is 0 Å². The topological polar surface area (TPSA) is 29.3 Å². The van der Waals surface area contributed by atoms with Crippen LogP contribution in [-0.2, 0) is 0 Å². The van der Waals surface area contributed by atoms with E-state index in [1.54, 1.807) is 0 Å². The summed E-state index contributed by atoms with van der Waals surface area (Å²) in [7, 11) is 0. The molecule has 19 heavy (non-hydrogen) atoms. The molecule has 0 bridgehead atoms. The van der Waals surface area contributed by atoms with Crippen molar-refractivity contribution in [3.05, 3.63) is 41.5 Å². The van der Waals surface area contributed by atoms with Gasteiger partial charge in [-0.3, -0.25) is 4.90 Å². The Balaban J connectivity index is 0.00000162. The molecule has 2 N–H and O–H groups in total. The van der Waals surface area contributed by atoms with Gasteiger partial charge >= 0.3 is 0 Å². The third kappa shape index (κ3) is 5.96. The van der Waals surface area contributed by atoms with Crippen LogP contribution in [0.5, 0.6) is 0 Å². The van der Waals surface area contributed by atoms with Crippen LogP contribution in [0.25, 0.3) is 6.08 Å². The molecule has 4 heteroatoms. The molecule has 1 aromatic carbocycles. The fourth-order valence-corrected chi connectivity index (χ4v) is 2.48. The van der Waals surface area contributed by atoms with Crippen LogP contribution in [0.4, 0.5) is 0 Å². The third-order valence-corrected chi connectivity index (χ3v) is 3.39. The van der Waals surface area contributed by atoms with Crippen LogP contribution in [0.3, 0.4) is 0 Å². The summed E-state index contributed by atoms with van der Waals surface area (Å²) in [4.78, 5) is 2.51. The van der Waals surface area contributed by atoms with Crippen LogP contribution in [-0.4, -0.2) is 31.1 Å². The summed E-state index contributed by atoms with van der Waals surface area (Å²) < 4.78 is 0. The fraction of sp³-hybridized carbons (Fsp3) is 0.467. The van der Waals surface area contributed by atoms with E-state index in [1.807, 2.05) is 0 Å². The van der Waals surface area contributed by atoms with Gasteiger partial charge in [0.2, 0.25) is 0 Å². The lowest BCUT2D eigenvalue weighted by atomic mass is 10.1. The lowest BCUT2D eigenvalue weighted by Crippen LogP contribution is -2.24. The minimum absolute atomic E-state index is 0. The predicted octanol–water partition coefficient (Wildman–Crippen LogP) is 3.21. The van der Waals surface area contributed by atoms with Crippen molar-refractivity contribution in [3.63, 3.8) is 0 Å². The van der Waals surface area contributed by atoms with Crippen LogP contribution in [0.15, 0.2) is 35.9 Å². The molecule has 1 heterocycles. The average molecular weight is 303 g/mol. The number of nitrogens with zero attached hydrogens (tertiary/aromatic N) is 1. The van der Waals surface area contributed by atoms with Crippen LogP contribution in [0.1, 0.15) is 18.9 Å². The number of likely N-dealkylation sites (tertiary alicyclic amines) is 1. The lowest BCUT2D eigenvalue weighted by molar-refractivity contribution is 0.353. The highest BCUT2D eigenvalue weighted by Gasteiger charge is 2.20. The van der Waals surface area contributed by atoms with E-state index in [1.165, 1.54) is 24.1 Å². The van der Waals surface area contributed by atoms with Gasteiger partial charge in [-0.1, -0.05) is 42.0 Å². The Labute approximate surface area is 128 Å². The first kappa shape index (κ1) is 18.5. The van der Waals surface area contributed by atoms with E-state index in [4.69, 9.17) is 5.73 Å². The summed E-state index contributed by atoms with van der Waals surface area (Å²) >= 11 is 0. The largest absolute Gasteiger partial charge is 0.330 e. The summed E-state index contributed by atoms with van der Waals surface area (Å²) in [5.41, 5.74) is 8.43. The molecule has 0 radical (unpaired) electrons. The number of benzene rings is 1. The standard InChI is InChI=1S/C15H22N2.2ClH/c1-13(9-14-5-3-2-4-6-14)11-17-8-7-15(10-16)12-17;;/h2-6,9,15H,7-8,10-12,16H2,1H3;2*1H/b13-9+;;. The Kier molecular flexibility index (Phi) is 9.11. The maximum absolute atomic E-state index is 5.71. The van der Waals surface area contributed by atoms with E-state index in [0.717, 1.165) is 19.6 Å². The molecule has 1 saturated heterocycles. The zero-order valence-electron chi connectivity index (χ0n) is 11.4. The minimum Gasteiger partial charge on any atom is -0.330 e. The van der Waals surface area contributed by atoms with Crippen molar-refractivity contribution in [2.75, 3.05) is 26.2 Å². The Morgan fingerprint density at radius 3 is 2.58 bits per heavy atom. The molecule has 0 amide bonds. The average Bonchev–Trinajstić information content (AvgIpc) is 2.78. The Morgan fingerprint density at radius 1 is 1.32 bits per heavy atom. The van der Waals surface area contributed by atoms with Crippen LogP contribution < -0.4 is 5.73 Å². The molecule has 1 atom stereocenters. The second-order valence-corrected chi connectivity index (χ2v) is 5.03. The second kappa shape index (κ2) is 9.38. The minimum atomic E-state index is 0. The normalized spacial score (nSPS) is 19.7. The lowest BCUT2D eigenvalue weighted by Gasteiger charge is -2.16. The van der Waals surface area contributed by atoms with E-state index in [0.29, 0.717) is 5.92 Å². The van der Waals surface area contributed by atoms with E-state index < -0.39 is 0 Å². The van der Waals surface area contributed by atoms with Gasteiger partial charge in [-0.25, -0.2) is 0 Å². The summed E-state index contributed by atoms with van der Waals surface area (Å²) in [6, 6.07) is 10.5. The predicted molar refractivity (Wildman–Crippen MR) is 88.2 cm³/mol. The fourth-order valence-electron chi connectivity index (χ4n) is 2.48. The van der Waals surface area contributed by atoms with E-state index in [2.05, 4.69) is 48.2 Å². The molecule has 1 aliphatic heterocycles. The molecule has 1 aliphatic rings. The number of rotatable bonds is 4. The molecular formula is C15H24Cl2N2. The maximum Gasteiger partial charge on any atom is 0.0193 e. The van der Waals surface area contributed by atoms with Crippen molar-refractivity contribution >= 4 is 30.9 Å². The zero-order chi connectivity index (χ0) is 12.1. The van der Waals surface area contributed by atoms with Gasteiger partial charge in [-0.2, -0.15) is 0 Å². The quantitative estimate of drug-likeness (QED) is 0.925. The van der Waals surface area contributed by atoms with Gasteiger partial charge in [-0.05, 0) is 37.9 Å². The van der Waals surface area contributed by atoms with Crippen molar-refractivity contribution in [2.24, 2.45) is 11.7 Å². The number of hydrogen-bond acceptors (Lipinski definition) is 2. The van der Waals surface area contributed by atoms with Gasteiger partial charge in [0.25, 0.3) is 0 Å². The molecule has 0 spiro atoms. The van der Waals surface area contributed by atoms with Crippen LogP contribution in [0, 0.1) is 5.92 Å². The summed E-state index contributed by atoms with van der Waals surface area (Å²) in [6.45, 7) is 6.48. The first-order valence-electron chi connectivity index (χ1n) is 6.42.